The molecule has 2 aromatic rings. The summed E-state index contributed by atoms with van der Waals surface area (Å²) >= 11 is 0. The molecular weight excluding hydrogens is 270 g/mol. The van der Waals surface area contributed by atoms with E-state index in [0.717, 1.165) is 11.3 Å². The Bertz CT molecular complexity index is 828. The number of rotatable bonds is 1. The summed E-state index contributed by atoms with van der Waals surface area (Å²) in [6.45, 7) is 0.399. The molecule has 0 radical (unpaired) electrons. The maximum Gasteiger partial charge on any atom is 0.356 e. The van der Waals surface area contributed by atoms with Crippen LogP contribution < -0.4 is 4.90 Å². The molecule has 2 aliphatic heterocycles. The fourth-order valence-electron chi connectivity index (χ4n) is 2.36. The number of aromatic nitrogens is 2. The van der Waals surface area contributed by atoms with Crippen molar-refractivity contribution in [3.8, 4) is 0 Å². The Balaban J connectivity index is 1.84. The molecule has 0 spiro atoms. The van der Waals surface area contributed by atoms with Gasteiger partial charge in [-0.05, 0) is 6.07 Å². The number of anilines is 1. The summed E-state index contributed by atoms with van der Waals surface area (Å²) < 4.78 is 0. The molecular formula is C14H9N5O2. The van der Waals surface area contributed by atoms with Crippen molar-refractivity contribution < 1.29 is 9.90 Å². The maximum absolute atomic E-state index is 11.0. The van der Waals surface area contributed by atoms with Gasteiger partial charge in [-0.15, -0.1) is 0 Å². The summed E-state index contributed by atoms with van der Waals surface area (Å²) in [5.41, 5.74) is 2.41. The van der Waals surface area contributed by atoms with Gasteiger partial charge in [-0.2, -0.15) is 4.99 Å². The van der Waals surface area contributed by atoms with Gasteiger partial charge in [0.2, 0.25) is 5.96 Å². The summed E-state index contributed by atoms with van der Waals surface area (Å²) in [7, 11) is 0. The summed E-state index contributed by atoms with van der Waals surface area (Å²) in [5, 5.41) is 9.00. The van der Waals surface area contributed by atoms with E-state index in [1.54, 1.807) is 6.21 Å². The average molecular weight is 279 g/mol. The van der Waals surface area contributed by atoms with Crippen LogP contribution in [0.3, 0.4) is 0 Å². The quantitative estimate of drug-likeness (QED) is 0.856. The van der Waals surface area contributed by atoms with Crippen molar-refractivity contribution >= 4 is 29.6 Å². The first-order valence-electron chi connectivity index (χ1n) is 6.31. The average Bonchev–Trinajstić information content (AvgIpc) is 2.52. The largest absolute Gasteiger partial charge is 0.476 e. The molecule has 3 heterocycles. The van der Waals surface area contributed by atoms with Gasteiger partial charge >= 0.3 is 5.97 Å². The Labute approximate surface area is 119 Å². The first-order chi connectivity index (χ1) is 10.2. The highest BCUT2D eigenvalue weighted by Gasteiger charge is 2.27. The standard InChI is InChI=1S/C14H9N5O2/c20-13(21)9-6-15-12-10(17-9)7-19-11-4-2-1-3-8(11)5-16-14(19)18-12/h1-6H,7H2,(H,20,21). The topological polar surface area (TPSA) is 91.0 Å². The highest BCUT2D eigenvalue weighted by atomic mass is 16.4. The van der Waals surface area contributed by atoms with Gasteiger partial charge in [-0.3, -0.25) is 0 Å². The number of hydrogen-bond acceptors (Lipinski definition) is 6. The molecule has 0 bridgehead atoms. The minimum absolute atomic E-state index is 0.0822. The van der Waals surface area contributed by atoms with Crippen molar-refractivity contribution in [3.63, 3.8) is 0 Å². The zero-order valence-corrected chi connectivity index (χ0v) is 10.8. The van der Waals surface area contributed by atoms with Crippen molar-refractivity contribution in [2.75, 3.05) is 4.90 Å². The summed E-state index contributed by atoms with van der Waals surface area (Å²) in [5.74, 6) is -0.140. The molecule has 7 heteroatoms. The second kappa shape index (κ2) is 4.20. The van der Waals surface area contributed by atoms with Crippen LogP contribution in [0.5, 0.6) is 0 Å². The number of hydrogen-bond donors (Lipinski definition) is 1. The number of carboxylic acids is 1. The molecule has 2 aliphatic rings. The number of guanidine groups is 1. The Morgan fingerprint density at radius 1 is 1.29 bits per heavy atom. The van der Waals surface area contributed by atoms with E-state index in [4.69, 9.17) is 5.11 Å². The molecule has 102 valence electrons. The van der Waals surface area contributed by atoms with Gasteiger partial charge in [0.25, 0.3) is 0 Å². The zero-order chi connectivity index (χ0) is 14.4. The summed E-state index contributed by atoms with van der Waals surface area (Å²) in [6, 6.07) is 7.80. The molecule has 0 amide bonds. The van der Waals surface area contributed by atoms with E-state index in [9.17, 15) is 4.79 Å². The molecule has 1 N–H and O–H groups in total. The van der Waals surface area contributed by atoms with Crippen LogP contribution in [0.25, 0.3) is 0 Å². The van der Waals surface area contributed by atoms with Crippen molar-refractivity contribution in [2.45, 2.75) is 6.54 Å². The molecule has 0 fully saturated rings. The predicted molar refractivity (Wildman–Crippen MR) is 76.3 cm³/mol. The van der Waals surface area contributed by atoms with Gasteiger partial charge in [-0.25, -0.2) is 19.8 Å². The molecule has 4 rings (SSSR count). The molecule has 0 saturated heterocycles. The molecule has 0 saturated carbocycles. The molecule has 21 heavy (non-hydrogen) atoms. The number of aromatic carboxylic acids is 1. The van der Waals surface area contributed by atoms with Gasteiger partial charge in [-0.1, -0.05) is 18.2 Å². The molecule has 0 aliphatic carbocycles. The van der Waals surface area contributed by atoms with Crippen LogP contribution in [-0.4, -0.2) is 33.2 Å². The van der Waals surface area contributed by atoms with Crippen LogP contribution >= 0.6 is 0 Å². The van der Waals surface area contributed by atoms with Crippen molar-refractivity contribution in [1.82, 2.24) is 9.97 Å². The van der Waals surface area contributed by atoms with E-state index in [1.165, 1.54) is 6.20 Å². The van der Waals surface area contributed by atoms with E-state index in [0.29, 0.717) is 24.0 Å². The van der Waals surface area contributed by atoms with Crippen LogP contribution in [0.1, 0.15) is 21.7 Å². The van der Waals surface area contributed by atoms with E-state index in [-0.39, 0.29) is 5.69 Å². The molecule has 1 aromatic heterocycles. The Morgan fingerprint density at radius 2 is 2.14 bits per heavy atom. The Morgan fingerprint density at radius 3 is 3.00 bits per heavy atom. The third-order valence-corrected chi connectivity index (χ3v) is 3.34. The lowest BCUT2D eigenvalue weighted by Gasteiger charge is -2.30. The minimum Gasteiger partial charge on any atom is -0.476 e. The van der Waals surface area contributed by atoms with Crippen LogP contribution in [0.4, 0.5) is 11.5 Å². The fourth-order valence-corrected chi connectivity index (χ4v) is 2.36. The summed E-state index contributed by atoms with van der Waals surface area (Å²) in [6.07, 6.45) is 2.97. The second-order valence-corrected chi connectivity index (χ2v) is 4.65. The lowest BCUT2D eigenvalue weighted by Crippen LogP contribution is -2.35. The monoisotopic (exact) mass is 279 g/mol. The summed E-state index contributed by atoms with van der Waals surface area (Å²) in [4.78, 5) is 29.7. The van der Waals surface area contributed by atoms with Crippen LogP contribution in [0.15, 0.2) is 40.4 Å². The number of fused-ring (bicyclic) bond motifs is 4. The van der Waals surface area contributed by atoms with Crippen LogP contribution in [0.2, 0.25) is 0 Å². The van der Waals surface area contributed by atoms with Crippen molar-refractivity contribution in [2.24, 2.45) is 9.98 Å². The van der Waals surface area contributed by atoms with Gasteiger partial charge in [0, 0.05) is 11.8 Å². The predicted octanol–water partition coefficient (Wildman–Crippen LogP) is 1.61. The molecule has 1 aromatic carbocycles. The first-order valence-corrected chi connectivity index (χ1v) is 6.31. The highest BCUT2D eigenvalue weighted by molar-refractivity contribution is 6.11. The Kier molecular flexibility index (Phi) is 2.34. The normalized spacial score (nSPS) is 14.9. The van der Waals surface area contributed by atoms with Gasteiger partial charge in [0.05, 0.1) is 18.4 Å². The van der Waals surface area contributed by atoms with Crippen LogP contribution in [0, 0.1) is 0 Å². The maximum atomic E-state index is 11.0. The van der Waals surface area contributed by atoms with Gasteiger partial charge < -0.3 is 10.0 Å². The number of aliphatic imine (C=N–C) groups is 2. The third kappa shape index (κ3) is 1.78. The lowest BCUT2D eigenvalue weighted by molar-refractivity contribution is 0.0689. The Hall–Kier alpha value is -3.09. The number of benzene rings is 1. The number of nitrogens with zero attached hydrogens (tertiary/aromatic N) is 5. The van der Waals surface area contributed by atoms with Crippen molar-refractivity contribution in [1.29, 1.82) is 0 Å². The number of carbonyl (C=O) groups is 1. The number of carboxylic acid groups (broad SMARTS) is 1. The van der Waals surface area contributed by atoms with E-state index in [2.05, 4.69) is 20.0 Å². The van der Waals surface area contributed by atoms with Crippen LogP contribution in [-0.2, 0) is 6.54 Å². The molecule has 0 unspecified atom stereocenters. The van der Waals surface area contributed by atoms with E-state index >= 15 is 0 Å². The minimum atomic E-state index is -1.10. The fraction of sp³-hybridized carbons (Fsp3) is 0.0714. The molecule has 0 atom stereocenters. The van der Waals surface area contributed by atoms with Gasteiger partial charge in [0.15, 0.2) is 11.5 Å². The lowest BCUT2D eigenvalue weighted by atomic mass is 10.1. The second-order valence-electron chi connectivity index (χ2n) is 4.65. The van der Waals surface area contributed by atoms with Crippen molar-refractivity contribution in [3.05, 3.63) is 47.4 Å². The molecule has 7 nitrogen and oxygen atoms in total. The third-order valence-electron chi connectivity index (χ3n) is 3.34. The zero-order valence-electron chi connectivity index (χ0n) is 10.8. The van der Waals surface area contributed by atoms with Gasteiger partial charge in [0.1, 0.15) is 5.69 Å². The SMILES string of the molecule is O=C(O)c1cnc2c(n1)CN1C(=N2)N=Cc2ccccc21. The van der Waals surface area contributed by atoms with E-state index < -0.39 is 5.97 Å². The van der Waals surface area contributed by atoms with E-state index in [1.807, 2.05) is 29.2 Å². The first kappa shape index (κ1) is 11.7. The highest BCUT2D eigenvalue weighted by Crippen LogP contribution is 2.31. The smallest absolute Gasteiger partial charge is 0.356 e. The number of para-hydroxylation sites is 1.